The van der Waals surface area contributed by atoms with Crippen molar-refractivity contribution in [3.63, 3.8) is 0 Å². The second-order valence-corrected chi connectivity index (χ2v) is 4.42. The van der Waals surface area contributed by atoms with E-state index in [2.05, 4.69) is 6.58 Å². The van der Waals surface area contributed by atoms with Gasteiger partial charge in [0, 0.05) is 0 Å². The number of esters is 2. The summed E-state index contributed by atoms with van der Waals surface area (Å²) in [5.74, 6) is -1.78. The van der Waals surface area contributed by atoms with Crippen LogP contribution in [0.1, 0.15) is 13.3 Å². The standard InChI is InChI=1S/C14H20O4/c1-5-7-10-8-9(6-2)11(13(15)17-3)12(10)14(16)18-4/h5-7,9-12H,2,8H2,1,3-4H3/b7-5+. The molecule has 1 aliphatic rings. The van der Waals surface area contributed by atoms with E-state index >= 15 is 0 Å². The molecule has 0 radical (unpaired) electrons. The average molecular weight is 252 g/mol. The van der Waals surface area contributed by atoms with Crippen LogP contribution in [-0.2, 0) is 19.1 Å². The van der Waals surface area contributed by atoms with Crippen LogP contribution in [-0.4, -0.2) is 26.2 Å². The molecular weight excluding hydrogens is 232 g/mol. The summed E-state index contributed by atoms with van der Waals surface area (Å²) >= 11 is 0. The lowest BCUT2D eigenvalue weighted by Crippen LogP contribution is -2.32. The van der Waals surface area contributed by atoms with Gasteiger partial charge in [0.2, 0.25) is 0 Å². The third-order valence-corrected chi connectivity index (χ3v) is 3.54. The number of ether oxygens (including phenoxy) is 2. The van der Waals surface area contributed by atoms with Gasteiger partial charge in [0.25, 0.3) is 0 Å². The zero-order valence-electron chi connectivity index (χ0n) is 11.1. The summed E-state index contributed by atoms with van der Waals surface area (Å²) in [6.07, 6.45) is 6.27. The minimum atomic E-state index is -0.499. The predicted octanol–water partition coefficient (Wildman–Crippen LogP) is 1.96. The van der Waals surface area contributed by atoms with E-state index in [1.165, 1.54) is 14.2 Å². The minimum absolute atomic E-state index is 0.00505. The molecular formula is C14H20O4. The van der Waals surface area contributed by atoms with Gasteiger partial charge in [-0.3, -0.25) is 9.59 Å². The molecule has 100 valence electrons. The molecule has 0 aliphatic heterocycles. The van der Waals surface area contributed by atoms with Crippen LogP contribution in [0.15, 0.2) is 24.8 Å². The first kappa shape index (κ1) is 14.5. The van der Waals surface area contributed by atoms with E-state index in [-0.39, 0.29) is 23.8 Å². The fourth-order valence-electron chi connectivity index (χ4n) is 2.74. The number of hydrogen-bond acceptors (Lipinski definition) is 4. The fourth-order valence-corrected chi connectivity index (χ4v) is 2.74. The van der Waals surface area contributed by atoms with Gasteiger partial charge in [-0.1, -0.05) is 18.2 Å². The zero-order valence-corrected chi connectivity index (χ0v) is 11.1. The Morgan fingerprint density at radius 1 is 1.11 bits per heavy atom. The van der Waals surface area contributed by atoms with Gasteiger partial charge in [-0.15, -0.1) is 6.58 Å². The van der Waals surface area contributed by atoms with Crippen molar-refractivity contribution in [2.45, 2.75) is 13.3 Å². The van der Waals surface area contributed by atoms with Gasteiger partial charge >= 0.3 is 11.9 Å². The van der Waals surface area contributed by atoms with Crippen molar-refractivity contribution in [2.75, 3.05) is 14.2 Å². The molecule has 0 aromatic carbocycles. The number of methoxy groups -OCH3 is 2. The number of hydrogen-bond donors (Lipinski definition) is 0. The van der Waals surface area contributed by atoms with Gasteiger partial charge in [-0.05, 0) is 25.2 Å². The summed E-state index contributed by atoms with van der Waals surface area (Å²) < 4.78 is 9.61. The normalized spacial score (nSPS) is 31.3. The van der Waals surface area contributed by atoms with Gasteiger partial charge in [0.05, 0.1) is 26.1 Å². The minimum Gasteiger partial charge on any atom is -0.469 e. The topological polar surface area (TPSA) is 52.6 Å². The summed E-state index contributed by atoms with van der Waals surface area (Å²) in [6, 6.07) is 0. The van der Waals surface area contributed by atoms with E-state index in [9.17, 15) is 9.59 Å². The Morgan fingerprint density at radius 3 is 2.00 bits per heavy atom. The maximum atomic E-state index is 11.9. The van der Waals surface area contributed by atoms with E-state index < -0.39 is 11.8 Å². The Labute approximate surface area is 108 Å². The lowest BCUT2D eigenvalue weighted by atomic mass is 9.86. The molecule has 4 nitrogen and oxygen atoms in total. The molecule has 0 saturated heterocycles. The molecule has 0 aromatic rings. The molecule has 0 spiro atoms. The lowest BCUT2D eigenvalue weighted by molar-refractivity contribution is -0.157. The third kappa shape index (κ3) is 2.63. The molecule has 0 aromatic heterocycles. The van der Waals surface area contributed by atoms with Gasteiger partial charge in [-0.25, -0.2) is 0 Å². The largest absolute Gasteiger partial charge is 0.469 e. The maximum absolute atomic E-state index is 11.9. The van der Waals surface area contributed by atoms with Crippen LogP contribution in [0.5, 0.6) is 0 Å². The Morgan fingerprint density at radius 2 is 1.61 bits per heavy atom. The summed E-state index contributed by atoms with van der Waals surface area (Å²) in [4.78, 5) is 23.8. The Balaban J connectivity index is 3.10. The van der Waals surface area contributed by atoms with Crippen molar-refractivity contribution in [2.24, 2.45) is 23.7 Å². The molecule has 4 atom stereocenters. The van der Waals surface area contributed by atoms with Crippen LogP contribution < -0.4 is 0 Å². The quantitative estimate of drug-likeness (QED) is 0.567. The van der Waals surface area contributed by atoms with Crippen molar-refractivity contribution in [3.8, 4) is 0 Å². The molecule has 18 heavy (non-hydrogen) atoms. The highest BCUT2D eigenvalue weighted by molar-refractivity contribution is 5.83. The molecule has 4 unspecified atom stereocenters. The van der Waals surface area contributed by atoms with E-state index in [0.717, 1.165) is 0 Å². The molecule has 1 rings (SSSR count). The van der Waals surface area contributed by atoms with Crippen LogP contribution in [0.3, 0.4) is 0 Å². The SMILES string of the molecule is C=CC1CC(/C=C/C)C(C(=O)OC)C1C(=O)OC. The molecule has 0 amide bonds. The highest BCUT2D eigenvalue weighted by Crippen LogP contribution is 2.44. The molecule has 0 heterocycles. The molecule has 1 saturated carbocycles. The van der Waals surface area contributed by atoms with Crippen LogP contribution in [0.25, 0.3) is 0 Å². The first-order valence-corrected chi connectivity index (χ1v) is 6.01. The number of carbonyl (C=O) groups is 2. The van der Waals surface area contributed by atoms with Gasteiger partial charge in [0.15, 0.2) is 0 Å². The van der Waals surface area contributed by atoms with Crippen molar-refractivity contribution >= 4 is 11.9 Å². The average Bonchev–Trinajstić information content (AvgIpc) is 2.75. The second-order valence-electron chi connectivity index (χ2n) is 4.42. The zero-order chi connectivity index (χ0) is 13.7. The van der Waals surface area contributed by atoms with E-state index in [0.29, 0.717) is 6.42 Å². The van der Waals surface area contributed by atoms with Crippen LogP contribution in [0, 0.1) is 23.7 Å². The summed E-state index contributed by atoms with van der Waals surface area (Å²) in [6.45, 7) is 5.63. The molecule has 1 fully saturated rings. The molecule has 0 bridgehead atoms. The van der Waals surface area contributed by atoms with Gasteiger partial charge in [0.1, 0.15) is 0 Å². The van der Waals surface area contributed by atoms with Crippen LogP contribution >= 0.6 is 0 Å². The predicted molar refractivity (Wildman–Crippen MR) is 67.6 cm³/mol. The highest BCUT2D eigenvalue weighted by atomic mass is 16.5. The molecule has 1 aliphatic carbocycles. The lowest BCUT2D eigenvalue weighted by Gasteiger charge is -2.20. The summed E-state index contributed by atoms with van der Waals surface area (Å²) in [5.41, 5.74) is 0. The van der Waals surface area contributed by atoms with Gasteiger partial charge in [-0.2, -0.15) is 0 Å². The monoisotopic (exact) mass is 252 g/mol. The van der Waals surface area contributed by atoms with Crippen molar-refractivity contribution in [3.05, 3.63) is 24.8 Å². The van der Waals surface area contributed by atoms with Crippen molar-refractivity contribution in [1.82, 2.24) is 0 Å². The first-order valence-electron chi connectivity index (χ1n) is 6.01. The van der Waals surface area contributed by atoms with Crippen molar-refractivity contribution < 1.29 is 19.1 Å². The number of allylic oxidation sites excluding steroid dienone is 3. The summed E-state index contributed by atoms with van der Waals surface area (Å²) in [7, 11) is 2.67. The van der Waals surface area contributed by atoms with Crippen molar-refractivity contribution in [1.29, 1.82) is 0 Å². The Hall–Kier alpha value is -1.58. The second kappa shape index (κ2) is 6.38. The van der Waals surface area contributed by atoms with E-state index in [1.54, 1.807) is 6.08 Å². The summed E-state index contributed by atoms with van der Waals surface area (Å²) in [5, 5.41) is 0. The fraction of sp³-hybridized carbons (Fsp3) is 0.571. The third-order valence-electron chi connectivity index (χ3n) is 3.54. The van der Waals surface area contributed by atoms with Crippen LogP contribution in [0.4, 0.5) is 0 Å². The van der Waals surface area contributed by atoms with E-state index in [4.69, 9.17) is 9.47 Å². The first-order chi connectivity index (χ1) is 8.60. The molecule has 4 heteroatoms. The highest BCUT2D eigenvalue weighted by Gasteiger charge is 2.49. The smallest absolute Gasteiger partial charge is 0.310 e. The molecule has 0 N–H and O–H groups in total. The van der Waals surface area contributed by atoms with Crippen LogP contribution in [0.2, 0.25) is 0 Å². The van der Waals surface area contributed by atoms with E-state index in [1.807, 2.05) is 19.1 Å². The van der Waals surface area contributed by atoms with Gasteiger partial charge < -0.3 is 9.47 Å². The Bertz CT molecular complexity index is 359. The number of rotatable bonds is 4. The Kier molecular flexibility index (Phi) is 5.13. The maximum Gasteiger partial charge on any atom is 0.310 e. The number of carbonyl (C=O) groups excluding carboxylic acids is 2.